The predicted octanol–water partition coefficient (Wildman–Crippen LogP) is 2.52. The van der Waals surface area contributed by atoms with Crippen molar-refractivity contribution in [3.8, 4) is 0 Å². The fourth-order valence-corrected chi connectivity index (χ4v) is 3.93. The van der Waals surface area contributed by atoms with Gasteiger partial charge >= 0.3 is 0 Å². The van der Waals surface area contributed by atoms with Gasteiger partial charge in [0.2, 0.25) is 10.0 Å². The number of benzene rings is 3. The van der Waals surface area contributed by atoms with Crippen LogP contribution in [0.4, 0.5) is 5.69 Å². The Morgan fingerprint density at radius 3 is 2.50 bits per heavy atom. The lowest BCUT2D eigenvalue weighted by Crippen LogP contribution is -2.36. The molecule has 1 amide bonds. The van der Waals surface area contributed by atoms with Gasteiger partial charge in [-0.2, -0.15) is 9.41 Å². The third-order valence-electron chi connectivity index (χ3n) is 4.32. The van der Waals surface area contributed by atoms with Crippen LogP contribution in [0.2, 0.25) is 0 Å². The van der Waals surface area contributed by atoms with Crippen LogP contribution in [-0.2, 0) is 14.8 Å². The molecule has 1 N–H and O–H groups in total. The molecule has 0 aliphatic heterocycles. The number of hydrogen-bond acceptors (Lipinski definition) is 6. The predicted molar refractivity (Wildman–Crippen MR) is 113 cm³/mol. The number of carbonyl (C=O) groups excluding carboxylic acids is 1. The molecule has 0 saturated carbocycles. The minimum absolute atomic E-state index is 0.0694. The molecule has 3 rings (SSSR count). The molecule has 154 valence electrons. The molecule has 0 fully saturated rings. The Morgan fingerprint density at radius 2 is 1.77 bits per heavy atom. The lowest BCUT2D eigenvalue weighted by Gasteiger charge is -2.16. The first-order chi connectivity index (χ1) is 14.3. The van der Waals surface area contributed by atoms with Gasteiger partial charge < -0.3 is 0 Å². The number of carbonyl (C=O) groups is 1. The fourth-order valence-electron chi connectivity index (χ4n) is 2.77. The summed E-state index contributed by atoms with van der Waals surface area (Å²) < 4.78 is 26.4. The van der Waals surface area contributed by atoms with Crippen LogP contribution in [0.1, 0.15) is 5.56 Å². The summed E-state index contributed by atoms with van der Waals surface area (Å²) in [6.07, 6.45) is 1.13. The molecule has 0 aliphatic rings. The highest BCUT2D eigenvalue weighted by atomic mass is 32.2. The molecule has 0 atom stereocenters. The van der Waals surface area contributed by atoms with Gasteiger partial charge in [-0.1, -0.05) is 42.5 Å². The van der Waals surface area contributed by atoms with Gasteiger partial charge in [0, 0.05) is 13.1 Å². The number of nitrogens with one attached hydrogen (secondary N) is 1. The number of likely N-dealkylation sites (N-methyl/N-ethyl adjacent to an activating group) is 1. The van der Waals surface area contributed by atoms with E-state index in [4.69, 9.17) is 0 Å². The Labute approximate surface area is 172 Å². The van der Waals surface area contributed by atoms with E-state index in [1.165, 1.54) is 31.3 Å². The van der Waals surface area contributed by atoms with Crippen molar-refractivity contribution < 1.29 is 18.1 Å². The minimum Gasteiger partial charge on any atom is -0.272 e. The van der Waals surface area contributed by atoms with Crippen molar-refractivity contribution in [2.24, 2.45) is 5.10 Å². The molecule has 0 aromatic heterocycles. The molecule has 0 radical (unpaired) electrons. The average molecular weight is 426 g/mol. The highest BCUT2D eigenvalue weighted by Crippen LogP contribution is 2.21. The van der Waals surface area contributed by atoms with Crippen molar-refractivity contribution in [1.82, 2.24) is 9.73 Å². The highest BCUT2D eigenvalue weighted by Gasteiger charge is 2.23. The maximum Gasteiger partial charge on any atom is 0.278 e. The number of rotatable bonds is 7. The fraction of sp³-hybridized carbons (Fsp3) is 0.100. The molecule has 9 nitrogen and oxygen atoms in total. The van der Waals surface area contributed by atoms with Gasteiger partial charge in [0.05, 0.1) is 28.1 Å². The number of amides is 1. The van der Waals surface area contributed by atoms with Crippen LogP contribution >= 0.6 is 0 Å². The molecular formula is C20H18N4O5S. The number of para-hydroxylation sites is 1. The summed E-state index contributed by atoms with van der Waals surface area (Å²) in [7, 11) is -2.60. The van der Waals surface area contributed by atoms with Crippen LogP contribution < -0.4 is 5.43 Å². The van der Waals surface area contributed by atoms with E-state index in [0.29, 0.717) is 0 Å². The molecular weight excluding hydrogens is 408 g/mol. The van der Waals surface area contributed by atoms with Gasteiger partial charge in [-0.25, -0.2) is 13.8 Å². The molecule has 0 unspecified atom stereocenters. The van der Waals surface area contributed by atoms with E-state index in [2.05, 4.69) is 10.5 Å². The highest BCUT2D eigenvalue weighted by molar-refractivity contribution is 7.89. The molecule has 0 spiro atoms. The van der Waals surface area contributed by atoms with Gasteiger partial charge in [-0.15, -0.1) is 0 Å². The Bertz CT molecular complexity index is 1240. The quantitative estimate of drug-likeness (QED) is 0.353. The maximum atomic E-state index is 12.8. The van der Waals surface area contributed by atoms with Crippen molar-refractivity contribution >= 4 is 38.6 Å². The Morgan fingerprint density at radius 1 is 1.10 bits per heavy atom. The van der Waals surface area contributed by atoms with Crippen LogP contribution in [0, 0.1) is 10.1 Å². The van der Waals surface area contributed by atoms with Gasteiger partial charge in [-0.05, 0) is 29.0 Å². The molecule has 0 heterocycles. The number of hydrogen-bond donors (Lipinski definition) is 1. The Kier molecular flexibility index (Phi) is 6.19. The third kappa shape index (κ3) is 4.67. The van der Waals surface area contributed by atoms with Crippen LogP contribution in [0.3, 0.4) is 0 Å². The smallest absolute Gasteiger partial charge is 0.272 e. The monoisotopic (exact) mass is 426 g/mol. The molecule has 0 bridgehead atoms. The SMILES string of the molecule is CN(CC(=O)N/N=C\c1ccccc1[N+](=O)[O-])S(=O)(=O)c1ccc2ccccc2c1. The topological polar surface area (TPSA) is 122 Å². The molecule has 30 heavy (non-hydrogen) atoms. The van der Waals surface area contributed by atoms with Gasteiger partial charge in [0.15, 0.2) is 0 Å². The molecule has 3 aromatic rings. The second-order valence-corrected chi connectivity index (χ2v) is 8.42. The van der Waals surface area contributed by atoms with E-state index >= 15 is 0 Å². The lowest BCUT2D eigenvalue weighted by atomic mass is 10.1. The second-order valence-electron chi connectivity index (χ2n) is 6.38. The minimum atomic E-state index is -3.89. The molecule has 0 aliphatic carbocycles. The number of nitro benzene ring substituents is 1. The first-order valence-corrected chi connectivity index (χ1v) is 10.2. The Hall–Kier alpha value is -3.63. The number of nitro groups is 1. The standard InChI is InChI=1S/C20H18N4O5S/c1-23(30(28,29)18-11-10-15-6-2-3-7-16(15)12-18)14-20(25)22-21-13-17-8-4-5-9-19(17)24(26)27/h2-13H,14H2,1H3,(H,22,25)/b21-13-. The Balaban J connectivity index is 1.68. The van der Waals surface area contributed by atoms with Crippen molar-refractivity contribution in [3.63, 3.8) is 0 Å². The number of hydrazone groups is 1. The molecule has 0 saturated heterocycles. The average Bonchev–Trinajstić information content (AvgIpc) is 2.73. The lowest BCUT2D eigenvalue weighted by molar-refractivity contribution is -0.385. The normalized spacial score (nSPS) is 11.8. The zero-order chi connectivity index (χ0) is 21.7. The molecule has 10 heteroatoms. The van der Waals surface area contributed by atoms with Crippen LogP contribution in [0.25, 0.3) is 10.8 Å². The van der Waals surface area contributed by atoms with Gasteiger partial charge in [0.1, 0.15) is 0 Å². The largest absolute Gasteiger partial charge is 0.278 e. The van der Waals surface area contributed by atoms with Crippen LogP contribution in [0.15, 0.2) is 76.7 Å². The number of nitrogens with zero attached hydrogens (tertiary/aromatic N) is 3. The molecule has 3 aromatic carbocycles. The number of fused-ring (bicyclic) bond motifs is 1. The number of sulfonamides is 1. The van der Waals surface area contributed by atoms with Crippen molar-refractivity contribution in [3.05, 3.63) is 82.4 Å². The van der Waals surface area contributed by atoms with Gasteiger partial charge in [0.25, 0.3) is 11.6 Å². The van der Waals surface area contributed by atoms with E-state index in [9.17, 15) is 23.3 Å². The zero-order valence-corrected chi connectivity index (χ0v) is 16.7. The summed E-state index contributed by atoms with van der Waals surface area (Å²) >= 11 is 0. The summed E-state index contributed by atoms with van der Waals surface area (Å²) in [5.74, 6) is -0.684. The zero-order valence-electron chi connectivity index (χ0n) is 15.9. The van der Waals surface area contributed by atoms with Crippen molar-refractivity contribution in [2.75, 3.05) is 13.6 Å². The maximum absolute atomic E-state index is 12.8. The summed E-state index contributed by atoms with van der Waals surface area (Å²) in [4.78, 5) is 22.6. The van der Waals surface area contributed by atoms with E-state index in [1.54, 1.807) is 24.3 Å². The first-order valence-electron chi connectivity index (χ1n) is 8.79. The first kappa shape index (κ1) is 21.1. The van der Waals surface area contributed by atoms with Crippen molar-refractivity contribution in [1.29, 1.82) is 0 Å². The summed E-state index contributed by atoms with van der Waals surface area (Å²) in [6.45, 7) is -0.469. The summed E-state index contributed by atoms with van der Waals surface area (Å²) in [6, 6.07) is 18.0. The van der Waals surface area contributed by atoms with E-state index in [1.807, 2.05) is 18.2 Å². The van der Waals surface area contributed by atoms with E-state index in [0.717, 1.165) is 21.3 Å². The third-order valence-corrected chi connectivity index (χ3v) is 6.12. The van der Waals surface area contributed by atoms with Crippen molar-refractivity contribution in [2.45, 2.75) is 4.90 Å². The van der Waals surface area contributed by atoms with Crippen LogP contribution in [0.5, 0.6) is 0 Å². The second kappa shape index (κ2) is 8.80. The van der Waals surface area contributed by atoms with E-state index in [-0.39, 0.29) is 16.1 Å². The summed E-state index contributed by atoms with van der Waals surface area (Å²) in [5, 5.41) is 16.3. The van der Waals surface area contributed by atoms with E-state index < -0.39 is 27.4 Å². The van der Waals surface area contributed by atoms with Gasteiger partial charge in [-0.3, -0.25) is 14.9 Å². The van der Waals surface area contributed by atoms with Crippen LogP contribution in [-0.4, -0.2) is 43.4 Å². The summed E-state index contributed by atoms with van der Waals surface area (Å²) in [5.41, 5.74) is 2.23.